The Morgan fingerprint density at radius 1 is 0.955 bits per heavy atom. The van der Waals surface area contributed by atoms with Gasteiger partial charge in [0.1, 0.15) is 11.4 Å². The molecule has 3 aromatic rings. The van der Waals surface area contributed by atoms with Crippen LogP contribution in [-0.2, 0) is 6.61 Å². The molecule has 1 N–H and O–H groups in total. The summed E-state index contributed by atoms with van der Waals surface area (Å²) in [6.07, 6.45) is 0. The minimum Gasteiger partial charge on any atom is -0.390 e. The first-order chi connectivity index (χ1) is 10.6. The Morgan fingerprint density at radius 2 is 1.68 bits per heavy atom. The third-order valence-electron chi connectivity index (χ3n) is 3.95. The van der Waals surface area contributed by atoms with E-state index >= 15 is 0 Å². The molecular formula is C18H19N3O. The van der Waals surface area contributed by atoms with Crippen molar-refractivity contribution in [1.82, 2.24) is 15.0 Å². The molecule has 2 aromatic carbocycles. The zero-order valence-electron chi connectivity index (χ0n) is 13.0. The smallest absolute Gasteiger partial charge is 0.117 e. The van der Waals surface area contributed by atoms with Gasteiger partial charge in [-0.25, -0.2) is 4.68 Å². The highest BCUT2D eigenvalue weighted by Crippen LogP contribution is 2.27. The maximum absolute atomic E-state index is 9.59. The lowest BCUT2D eigenvalue weighted by atomic mass is 10.0. The van der Waals surface area contributed by atoms with E-state index < -0.39 is 0 Å². The molecule has 0 radical (unpaired) electrons. The Morgan fingerprint density at radius 3 is 2.32 bits per heavy atom. The quantitative estimate of drug-likeness (QED) is 0.805. The van der Waals surface area contributed by atoms with E-state index in [1.807, 2.05) is 30.3 Å². The standard InChI is InChI=1S/C18H19N3O/c1-12-4-8-16(9-5-12)21-18(17(11-22)19-20-21)15-7-6-13(2)14(3)10-15/h4-10,22H,11H2,1-3H3. The van der Waals surface area contributed by atoms with E-state index in [4.69, 9.17) is 0 Å². The van der Waals surface area contributed by atoms with E-state index in [2.05, 4.69) is 43.2 Å². The average Bonchev–Trinajstić information content (AvgIpc) is 2.94. The van der Waals surface area contributed by atoms with Crippen molar-refractivity contribution < 1.29 is 5.11 Å². The second-order valence-corrected chi connectivity index (χ2v) is 5.59. The van der Waals surface area contributed by atoms with Crippen LogP contribution in [0.1, 0.15) is 22.4 Å². The molecule has 3 rings (SSSR count). The normalized spacial score (nSPS) is 10.9. The summed E-state index contributed by atoms with van der Waals surface area (Å²) in [6.45, 7) is 6.09. The Hall–Kier alpha value is -2.46. The number of aromatic nitrogens is 3. The van der Waals surface area contributed by atoms with Gasteiger partial charge < -0.3 is 5.11 Å². The molecule has 0 spiro atoms. The van der Waals surface area contributed by atoms with E-state index in [1.54, 1.807) is 4.68 Å². The molecule has 0 saturated heterocycles. The molecule has 0 amide bonds. The second kappa shape index (κ2) is 5.73. The van der Waals surface area contributed by atoms with Gasteiger partial charge in [-0.05, 0) is 50.1 Å². The maximum Gasteiger partial charge on any atom is 0.117 e. The molecule has 0 aliphatic rings. The molecule has 0 unspecified atom stereocenters. The molecule has 112 valence electrons. The van der Waals surface area contributed by atoms with Gasteiger partial charge in [0.25, 0.3) is 0 Å². The Kier molecular flexibility index (Phi) is 3.77. The summed E-state index contributed by atoms with van der Waals surface area (Å²) < 4.78 is 1.79. The maximum atomic E-state index is 9.59. The summed E-state index contributed by atoms with van der Waals surface area (Å²) in [6, 6.07) is 14.3. The lowest BCUT2D eigenvalue weighted by Gasteiger charge is -2.10. The van der Waals surface area contributed by atoms with Crippen molar-refractivity contribution in [2.45, 2.75) is 27.4 Å². The molecule has 0 saturated carbocycles. The highest BCUT2D eigenvalue weighted by molar-refractivity contribution is 5.65. The zero-order chi connectivity index (χ0) is 15.7. The first kappa shape index (κ1) is 14.5. The van der Waals surface area contributed by atoms with E-state index in [-0.39, 0.29) is 6.61 Å². The molecule has 4 heteroatoms. The number of nitrogens with zero attached hydrogens (tertiary/aromatic N) is 3. The monoisotopic (exact) mass is 293 g/mol. The zero-order valence-corrected chi connectivity index (χ0v) is 13.0. The molecular weight excluding hydrogens is 274 g/mol. The number of aliphatic hydroxyl groups is 1. The molecule has 0 bridgehead atoms. The van der Waals surface area contributed by atoms with Crippen LogP contribution in [0.25, 0.3) is 16.9 Å². The first-order valence-corrected chi connectivity index (χ1v) is 7.30. The fourth-order valence-electron chi connectivity index (χ4n) is 2.46. The fourth-order valence-corrected chi connectivity index (χ4v) is 2.46. The predicted octanol–water partition coefficient (Wildman–Crippen LogP) is 3.35. The summed E-state index contributed by atoms with van der Waals surface area (Å²) >= 11 is 0. The van der Waals surface area contributed by atoms with Gasteiger partial charge >= 0.3 is 0 Å². The largest absolute Gasteiger partial charge is 0.390 e. The van der Waals surface area contributed by atoms with Crippen molar-refractivity contribution in [2.24, 2.45) is 0 Å². The number of aliphatic hydroxyl groups excluding tert-OH is 1. The Labute approximate surface area is 130 Å². The summed E-state index contributed by atoms with van der Waals surface area (Å²) in [7, 11) is 0. The molecule has 0 aliphatic carbocycles. The predicted molar refractivity (Wildman–Crippen MR) is 86.9 cm³/mol. The Balaban J connectivity index is 2.19. The van der Waals surface area contributed by atoms with Crippen LogP contribution < -0.4 is 0 Å². The lowest BCUT2D eigenvalue weighted by molar-refractivity contribution is 0.277. The molecule has 1 aromatic heterocycles. The van der Waals surface area contributed by atoms with Gasteiger partial charge in [0.05, 0.1) is 12.3 Å². The third kappa shape index (κ3) is 2.53. The summed E-state index contributed by atoms with van der Waals surface area (Å²) in [4.78, 5) is 0. The van der Waals surface area contributed by atoms with E-state index in [0.29, 0.717) is 5.69 Å². The van der Waals surface area contributed by atoms with Crippen LogP contribution in [-0.4, -0.2) is 20.1 Å². The third-order valence-corrected chi connectivity index (χ3v) is 3.95. The SMILES string of the molecule is Cc1ccc(-n2nnc(CO)c2-c2ccc(C)c(C)c2)cc1. The topological polar surface area (TPSA) is 50.9 Å². The lowest BCUT2D eigenvalue weighted by Crippen LogP contribution is -2.00. The summed E-state index contributed by atoms with van der Waals surface area (Å²) in [5.74, 6) is 0. The number of aryl methyl sites for hydroxylation is 3. The van der Waals surface area contributed by atoms with Crippen LogP contribution in [0.2, 0.25) is 0 Å². The number of hydrogen-bond donors (Lipinski definition) is 1. The van der Waals surface area contributed by atoms with Gasteiger partial charge in [-0.15, -0.1) is 5.10 Å². The van der Waals surface area contributed by atoms with Gasteiger partial charge in [0.2, 0.25) is 0 Å². The fraction of sp³-hybridized carbons (Fsp3) is 0.222. The van der Waals surface area contributed by atoms with Crippen LogP contribution in [0.5, 0.6) is 0 Å². The van der Waals surface area contributed by atoms with Crippen LogP contribution in [0.3, 0.4) is 0 Å². The van der Waals surface area contributed by atoms with E-state index in [9.17, 15) is 5.11 Å². The van der Waals surface area contributed by atoms with Crippen molar-refractivity contribution in [3.8, 4) is 16.9 Å². The van der Waals surface area contributed by atoms with E-state index in [1.165, 1.54) is 16.7 Å². The van der Waals surface area contributed by atoms with Crippen molar-refractivity contribution >= 4 is 0 Å². The van der Waals surface area contributed by atoms with Gasteiger partial charge in [0.15, 0.2) is 0 Å². The highest BCUT2D eigenvalue weighted by atomic mass is 16.3. The van der Waals surface area contributed by atoms with Gasteiger partial charge in [0, 0.05) is 5.56 Å². The van der Waals surface area contributed by atoms with Crippen molar-refractivity contribution in [3.05, 3.63) is 64.8 Å². The van der Waals surface area contributed by atoms with Gasteiger partial charge in [-0.3, -0.25) is 0 Å². The van der Waals surface area contributed by atoms with Crippen LogP contribution >= 0.6 is 0 Å². The van der Waals surface area contributed by atoms with Gasteiger partial charge in [-0.2, -0.15) is 0 Å². The van der Waals surface area contributed by atoms with Crippen molar-refractivity contribution in [3.63, 3.8) is 0 Å². The molecule has 0 atom stereocenters. The average molecular weight is 293 g/mol. The number of benzene rings is 2. The Bertz CT molecular complexity index is 804. The molecule has 0 fully saturated rings. The second-order valence-electron chi connectivity index (χ2n) is 5.59. The van der Waals surface area contributed by atoms with Crippen LogP contribution in [0.4, 0.5) is 0 Å². The molecule has 22 heavy (non-hydrogen) atoms. The minimum atomic E-state index is -0.131. The van der Waals surface area contributed by atoms with Gasteiger partial charge in [-0.1, -0.05) is 35.0 Å². The molecule has 0 aliphatic heterocycles. The first-order valence-electron chi connectivity index (χ1n) is 7.30. The van der Waals surface area contributed by atoms with Crippen molar-refractivity contribution in [2.75, 3.05) is 0 Å². The molecule has 4 nitrogen and oxygen atoms in total. The highest BCUT2D eigenvalue weighted by Gasteiger charge is 2.16. The molecule has 1 heterocycles. The van der Waals surface area contributed by atoms with Crippen molar-refractivity contribution in [1.29, 1.82) is 0 Å². The number of hydrogen-bond acceptors (Lipinski definition) is 3. The summed E-state index contributed by atoms with van der Waals surface area (Å²) in [5, 5.41) is 17.9. The van der Waals surface area contributed by atoms with E-state index in [0.717, 1.165) is 16.9 Å². The van der Waals surface area contributed by atoms with Crippen LogP contribution in [0.15, 0.2) is 42.5 Å². The minimum absolute atomic E-state index is 0.131. The summed E-state index contributed by atoms with van der Waals surface area (Å²) in [5.41, 5.74) is 7.02. The van der Waals surface area contributed by atoms with Crippen LogP contribution in [0, 0.1) is 20.8 Å². The number of rotatable bonds is 3.